The van der Waals surface area contributed by atoms with Crippen molar-refractivity contribution in [3.05, 3.63) is 34.9 Å². The third-order valence-electron chi connectivity index (χ3n) is 3.29. The van der Waals surface area contributed by atoms with E-state index in [4.69, 9.17) is 11.6 Å². The van der Waals surface area contributed by atoms with Crippen molar-refractivity contribution in [3.8, 4) is 6.07 Å². The molecule has 1 aromatic carbocycles. The van der Waals surface area contributed by atoms with Crippen molar-refractivity contribution in [1.29, 1.82) is 5.26 Å². The molecule has 1 unspecified atom stereocenters. The highest BCUT2D eigenvalue weighted by molar-refractivity contribution is 8.06. The van der Waals surface area contributed by atoms with Gasteiger partial charge in [-0.15, -0.1) is 0 Å². The molecule has 0 radical (unpaired) electrons. The van der Waals surface area contributed by atoms with Crippen LogP contribution in [0.5, 0.6) is 0 Å². The van der Waals surface area contributed by atoms with Crippen molar-refractivity contribution in [2.45, 2.75) is 5.25 Å². The molecule has 0 bridgehead atoms. The number of anilines is 1. The minimum atomic E-state index is 0.607. The lowest BCUT2D eigenvalue weighted by molar-refractivity contribution is 0.996. The van der Waals surface area contributed by atoms with E-state index in [0.29, 0.717) is 15.8 Å². The fourth-order valence-corrected chi connectivity index (χ4v) is 5.04. The number of fused-ring (bicyclic) bond motifs is 1. The molecule has 6 heteroatoms. The summed E-state index contributed by atoms with van der Waals surface area (Å²) in [5, 5.41) is 14.7. The molecule has 1 aliphatic rings. The van der Waals surface area contributed by atoms with E-state index in [1.165, 1.54) is 17.3 Å². The molecule has 1 N–H and O–H groups in total. The van der Waals surface area contributed by atoms with E-state index in [9.17, 15) is 5.26 Å². The van der Waals surface area contributed by atoms with E-state index in [-0.39, 0.29) is 0 Å². The molecule has 1 saturated heterocycles. The maximum absolute atomic E-state index is 9.31. The second-order valence-corrected chi connectivity index (χ2v) is 7.77. The number of halogens is 1. The largest absolute Gasteiger partial charge is 0.369 e. The van der Waals surface area contributed by atoms with E-state index in [1.54, 1.807) is 18.2 Å². The number of nitriles is 1. The molecule has 21 heavy (non-hydrogen) atoms. The Balaban J connectivity index is 1.82. The second kappa shape index (κ2) is 6.78. The Morgan fingerprint density at radius 2 is 2.29 bits per heavy atom. The van der Waals surface area contributed by atoms with Gasteiger partial charge in [-0.2, -0.15) is 28.8 Å². The molecule has 0 aliphatic carbocycles. The van der Waals surface area contributed by atoms with Crippen LogP contribution < -0.4 is 5.32 Å². The number of nitrogens with one attached hydrogen (secondary N) is 1. The maximum atomic E-state index is 9.31. The Morgan fingerprint density at radius 3 is 3.05 bits per heavy atom. The lowest BCUT2D eigenvalue weighted by Gasteiger charge is -2.21. The number of pyridine rings is 1. The maximum Gasteiger partial charge on any atom is 0.128 e. The van der Waals surface area contributed by atoms with E-state index in [0.717, 1.165) is 23.3 Å². The topological polar surface area (TPSA) is 48.7 Å². The van der Waals surface area contributed by atoms with Crippen LogP contribution in [0.4, 0.5) is 5.82 Å². The van der Waals surface area contributed by atoms with Gasteiger partial charge < -0.3 is 5.32 Å². The molecule has 1 atom stereocenters. The summed E-state index contributed by atoms with van der Waals surface area (Å²) in [4.78, 5) is 4.57. The van der Waals surface area contributed by atoms with E-state index >= 15 is 0 Å². The summed E-state index contributed by atoms with van der Waals surface area (Å²) in [5.74, 6) is 4.39. The molecular weight excluding hydrogens is 322 g/mol. The summed E-state index contributed by atoms with van der Waals surface area (Å²) in [7, 11) is 0. The van der Waals surface area contributed by atoms with Crippen LogP contribution in [-0.4, -0.2) is 34.0 Å². The summed E-state index contributed by atoms with van der Waals surface area (Å²) < 4.78 is 0. The van der Waals surface area contributed by atoms with Crippen LogP contribution in [0, 0.1) is 11.3 Å². The Morgan fingerprint density at radius 1 is 1.38 bits per heavy atom. The molecule has 1 aliphatic heterocycles. The highest BCUT2D eigenvalue weighted by Gasteiger charge is 2.14. The first-order valence-corrected chi connectivity index (χ1v) is 9.28. The van der Waals surface area contributed by atoms with E-state index < -0.39 is 0 Å². The summed E-state index contributed by atoms with van der Waals surface area (Å²) in [5.41, 5.74) is 1.40. The first kappa shape index (κ1) is 14.8. The number of benzene rings is 1. The summed E-state index contributed by atoms with van der Waals surface area (Å²) in [6.45, 7) is 0.884. The van der Waals surface area contributed by atoms with Crippen LogP contribution in [-0.2, 0) is 0 Å². The molecule has 3 rings (SSSR count). The predicted molar refractivity (Wildman–Crippen MR) is 93.5 cm³/mol. The van der Waals surface area contributed by atoms with Crippen LogP contribution in [0.2, 0.25) is 5.02 Å². The van der Waals surface area contributed by atoms with Gasteiger partial charge in [-0.3, -0.25) is 0 Å². The molecule has 0 saturated carbocycles. The summed E-state index contributed by atoms with van der Waals surface area (Å²) >= 11 is 10.00. The SMILES string of the molecule is N#Cc1cc(NCC2CSCCS2)nc2ccc(Cl)cc12. The molecule has 1 fully saturated rings. The fraction of sp³-hybridized carbons (Fsp3) is 0.333. The van der Waals surface area contributed by atoms with Gasteiger partial charge in [-0.05, 0) is 24.3 Å². The van der Waals surface area contributed by atoms with Gasteiger partial charge in [0.1, 0.15) is 5.82 Å². The van der Waals surface area contributed by atoms with Crippen molar-refractivity contribution in [2.24, 2.45) is 0 Å². The van der Waals surface area contributed by atoms with Crippen molar-refractivity contribution in [1.82, 2.24) is 4.98 Å². The molecule has 2 aromatic rings. The van der Waals surface area contributed by atoms with Gasteiger partial charge >= 0.3 is 0 Å². The average Bonchev–Trinajstić information content (AvgIpc) is 2.53. The van der Waals surface area contributed by atoms with Gasteiger partial charge in [0.25, 0.3) is 0 Å². The number of hydrogen-bond donors (Lipinski definition) is 1. The number of aromatic nitrogens is 1. The molecule has 108 valence electrons. The second-order valence-electron chi connectivity index (χ2n) is 4.78. The standard InChI is InChI=1S/C15H14ClN3S2/c16-11-1-2-14-13(6-11)10(7-17)5-15(19-14)18-8-12-9-20-3-4-21-12/h1-2,5-6,12H,3-4,8-9H2,(H,18,19). The van der Waals surface area contributed by atoms with Crippen LogP contribution >= 0.6 is 35.1 Å². The predicted octanol–water partition coefficient (Wildman–Crippen LogP) is 4.02. The molecule has 1 aromatic heterocycles. The van der Waals surface area contributed by atoms with Gasteiger partial charge in [0, 0.05) is 39.5 Å². The minimum absolute atomic E-state index is 0.607. The first-order chi connectivity index (χ1) is 10.3. The normalized spacial score (nSPS) is 18.4. The first-order valence-electron chi connectivity index (χ1n) is 6.70. The smallest absolute Gasteiger partial charge is 0.128 e. The zero-order chi connectivity index (χ0) is 14.7. The molecule has 0 spiro atoms. The Bertz CT molecular complexity index is 693. The summed E-state index contributed by atoms with van der Waals surface area (Å²) in [6, 6.07) is 9.48. The molecule has 0 amide bonds. The van der Waals surface area contributed by atoms with Crippen molar-refractivity contribution < 1.29 is 0 Å². The zero-order valence-corrected chi connectivity index (χ0v) is 13.7. The van der Waals surface area contributed by atoms with E-state index in [1.807, 2.05) is 29.6 Å². The monoisotopic (exact) mass is 335 g/mol. The van der Waals surface area contributed by atoms with Crippen LogP contribution in [0.1, 0.15) is 5.56 Å². The molecular formula is C15H14ClN3S2. The van der Waals surface area contributed by atoms with Gasteiger partial charge in [-0.25, -0.2) is 4.98 Å². The Kier molecular flexibility index (Phi) is 4.79. The van der Waals surface area contributed by atoms with Crippen molar-refractivity contribution in [2.75, 3.05) is 29.1 Å². The van der Waals surface area contributed by atoms with Gasteiger partial charge in [0.05, 0.1) is 17.1 Å². The highest BCUT2D eigenvalue weighted by atomic mass is 35.5. The number of rotatable bonds is 3. The van der Waals surface area contributed by atoms with Crippen molar-refractivity contribution in [3.63, 3.8) is 0 Å². The Hall–Kier alpha value is -1.09. The van der Waals surface area contributed by atoms with Crippen LogP contribution in [0.3, 0.4) is 0 Å². The zero-order valence-electron chi connectivity index (χ0n) is 11.3. The molecule has 3 nitrogen and oxygen atoms in total. The van der Waals surface area contributed by atoms with Gasteiger partial charge in [-0.1, -0.05) is 11.6 Å². The Labute approximate surface area is 137 Å². The lowest BCUT2D eigenvalue weighted by Crippen LogP contribution is -2.23. The number of thioether (sulfide) groups is 2. The highest BCUT2D eigenvalue weighted by Crippen LogP contribution is 2.26. The fourth-order valence-electron chi connectivity index (χ4n) is 2.25. The average molecular weight is 336 g/mol. The lowest BCUT2D eigenvalue weighted by atomic mass is 10.1. The summed E-state index contributed by atoms with van der Waals surface area (Å²) in [6.07, 6.45) is 0. The van der Waals surface area contributed by atoms with Gasteiger partial charge in [0.2, 0.25) is 0 Å². The van der Waals surface area contributed by atoms with E-state index in [2.05, 4.69) is 16.4 Å². The third-order valence-corrected chi connectivity index (χ3v) is 6.37. The van der Waals surface area contributed by atoms with Crippen LogP contribution in [0.25, 0.3) is 10.9 Å². The minimum Gasteiger partial charge on any atom is -0.369 e. The molecule has 2 heterocycles. The number of nitrogens with zero attached hydrogens (tertiary/aromatic N) is 2. The quantitative estimate of drug-likeness (QED) is 0.918. The van der Waals surface area contributed by atoms with Crippen molar-refractivity contribution >= 4 is 51.8 Å². The van der Waals surface area contributed by atoms with Gasteiger partial charge in [0.15, 0.2) is 0 Å². The number of hydrogen-bond acceptors (Lipinski definition) is 5. The van der Waals surface area contributed by atoms with Crippen LogP contribution in [0.15, 0.2) is 24.3 Å². The third kappa shape index (κ3) is 3.57.